The Labute approximate surface area is 132 Å². The molecule has 1 heterocycles. The first-order chi connectivity index (χ1) is 10.5. The van der Waals surface area contributed by atoms with Crippen molar-refractivity contribution in [2.45, 2.75) is 55.8 Å². The van der Waals surface area contributed by atoms with E-state index in [0.29, 0.717) is 11.5 Å². The average Bonchev–Trinajstić information content (AvgIpc) is 2.89. The van der Waals surface area contributed by atoms with Crippen LogP contribution in [-0.4, -0.2) is 33.5 Å². The summed E-state index contributed by atoms with van der Waals surface area (Å²) in [5.41, 5.74) is 0.738. The van der Waals surface area contributed by atoms with E-state index in [0.717, 1.165) is 31.2 Å². The lowest BCUT2D eigenvalue weighted by Crippen LogP contribution is -2.37. The minimum absolute atomic E-state index is 0.211. The van der Waals surface area contributed by atoms with Gasteiger partial charge in [0.15, 0.2) is 5.79 Å². The van der Waals surface area contributed by atoms with Crippen LogP contribution in [0.3, 0.4) is 0 Å². The molecule has 1 aromatic rings. The van der Waals surface area contributed by atoms with E-state index >= 15 is 0 Å². The van der Waals surface area contributed by atoms with Crippen LogP contribution in [0.4, 0.5) is 0 Å². The van der Waals surface area contributed by atoms with Crippen LogP contribution in [0.15, 0.2) is 29.2 Å². The van der Waals surface area contributed by atoms with Gasteiger partial charge in [-0.15, -0.1) is 0 Å². The Morgan fingerprint density at radius 2 is 1.95 bits per heavy atom. The highest BCUT2D eigenvalue weighted by molar-refractivity contribution is 7.89. The Morgan fingerprint density at radius 1 is 1.23 bits per heavy atom. The second-order valence-electron chi connectivity index (χ2n) is 6.14. The summed E-state index contributed by atoms with van der Waals surface area (Å²) in [4.78, 5) is 0.321. The molecule has 22 heavy (non-hydrogen) atoms. The first kappa shape index (κ1) is 15.9. The summed E-state index contributed by atoms with van der Waals surface area (Å²) in [6.45, 7) is 2.50. The van der Waals surface area contributed by atoms with E-state index in [9.17, 15) is 8.42 Å². The van der Waals surface area contributed by atoms with Crippen molar-refractivity contribution in [3.05, 3.63) is 29.8 Å². The Bertz CT molecular complexity index is 623. The monoisotopic (exact) mass is 325 g/mol. The molecule has 0 amide bonds. The van der Waals surface area contributed by atoms with Crippen molar-refractivity contribution >= 4 is 10.0 Å². The molecule has 0 bridgehead atoms. The zero-order valence-electron chi connectivity index (χ0n) is 12.9. The minimum atomic E-state index is -3.51. The molecular weight excluding hydrogens is 302 g/mol. The fourth-order valence-corrected chi connectivity index (χ4v) is 4.52. The lowest BCUT2D eigenvalue weighted by atomic mass is 9.94. The summed E-state index contributed by atoms with van der Waals surface area (Å²) in [6.07, 6.45) is 5.06. The zero-order valence-corrected chi connectivity index (χ0v) is 13.7. The molecule has 0 unspecified atom stereocenters. The van der Waals surface area contributed by atoms with Crippen molar-refractivity contribution in [3.8, 4) is 0 Å². The Morgan fingerprint density at radius 3 is 2.68 bits per heavy atom. The van der Waals surface area contributed by atoms with Crippen LogP contribution in [0, 0.1) is 6.92 Å². The topological polar surface area (TPSA) is 64.6 Å². The highest BCUT2D eigenvalue weighted by Gasteiger charge is 2.42. The van der Waals surface area contributed by atoms with Crippen LogP contribution in [0.5, 0.6) is 0 Å². The molecule has 2 fully saturated rings. The number of sulfonamides is 1. The summed E-state index contributed by atoms with van der Waals surface area (Å²) >= 11 is 0. The molecule has 122 valence electrons. The highest BCUT2D eigenvalue weighted by atomic mass is 32.2. The summed E-state index contributed by atoms with van der Waals surface area (Å²) in [6, 6.07) is 6.97. The lowest BCUT2D eigenvalue weighted by Gasteiger charge is -2.31. The highest BCUT2D eigenvalue weighted by Crippen LogP contribution is 2.37. The van der Waals surface area contributed by atoms with E-state index in [1.807, 2.05) is 6.07 Å². The predicted octanol–water partition coefficient (Wildman–Crippen LogP) is 2.35. The van der Waals surface area contributed by atoms with Gasteiger partial charge in [0.05, 0.1) is 17.6 Å². The fraction of sp³-hybridized carbons (Fsp3) is 0.625. The van der Waals surface area contributed by atoms with Gasteiger partial charge in [0.25, 0.3) is 0 Å². The van der Waals surface area contributed by atoms with Gasteiger partial charge >= 0.3 is 0 Å². The Kier molecular flexibility index (Phi) is 4.54. The SMILES string of the molecule is Cc1ccccc1S(=O)(=O)NC[C@@H]1COC2(CCCCC2)O1. The van der Waals surface area contributed by atoms with E-state index in [1.165, 1.54) is 6.42 Å². The third kappa shape index (κ3) is 3.35. The van der Waals surface area contributed by atoms with Crippen LogP contribution in [0.25, 0.3) is 0 Å². The maximum atomic E-state index is 12.4. The van der Waals surface area contributed by atoms with Gasteiger partial charge in [0.2, 0.25) is 10.0 Å². The maximum Gasteiger partial charge on any atom is 0.240 e. The number of rotatable bonds is 4. The van der Waals surface area contributed by atoms with Gasteiger partial charge in [0.1, 0.15) is 0 Å². The first-order valence-corrected chi connectivity index (χ1v) is 9.36. The molecule has 1 saturated heterocycles. The van der Waals surface area contributed by atoms with Crippen molar-refractivity contribution in [2.75, 3.05) is 13.2 Å². The minimum Gasteiger partial charge on any atom is -0.347 e. The number of aryl methyl sites for hydroxylation is 1. The van der Waals surface area contributed by atoms with Crippen LogP contribution in [0.1, 0.15) is 37.7 Å². The standard InChI is InChI=1S/C16H23NO4S/c1-13-7-3-4-8-15(13)22(18,19)17-11-14-12-20-16(21-14)9-5-2-6-10-16/h3-4,7-8,14,17H,2,5-6,9-12H2,1H3/t14-/m1/s1. The summed E-state index contributed by atoms with van der Waals surface area (Å²) in [5.74, 6) is -0.461. The summed E-state index contributed by atoms with van der Waals surface area (Å²) in [5, 5.41) is 0. The summed E-state index contributed by atoms with van der Waals surface area (Å²) < 4.78 is 39.2. The fourth-order valence-electron chi connectivity index (χ4n) is 3.21. The van der Waals surface area contributed by atoms with E-state index < -0.39 is 15.8 Å². The van der Waals surface area contributed by atoms with E-state index in [4.69, 9.17) is 9.47 Å². The molecule has 1 aliphatic carbocycles. The Hall–Kier alpha value is -0.950. The van der Waals surface area contributed by atoms with Gasteiger partial charge < -0.3 is 9.47 Å². The predicted molar refractivity (Wildman–Crippen MR) is 83.0 cm³/mol. The van der Waals surface area contributed by atoms with Gasteiger partial charge in [-0.1, -0.05) is 24.6 Å². The molecule has 0 radical (unpaired) electrons. The molecular formula is C16H23NO4S. The van der Waals surface area contributed by atoms with Crippen LogP contribution < -0.4 is 4.72 Å². The normalized spacial score (nSPS) is 24.7. The molecule has 1 N–H and O–H groups in total. The van der Waals surface area contributed by atoms with Gasteiger partial charge in [-0.3, -0.25) is 0 Å². The third-order valence-corrected chi connectivity index (χ3v) is 6.00. The number of nitrogens with one attached hydrogen (secondary N) is 1. The van der Waals surface area contributed by atoms with Gasteiger partial charge in [-0.2, -0.15) is 0 Å². The molecule has 6 heteroatoms. The number of hydrogen-bond acceptors (Lipinski definition) is 4. The molecule has 5 nitrogen and oxygen atoms in total. The molecule has 1 aliphatic heterocycles. The second-order valence-corrected chi connectivity index (χ2v) is 7.87. The molecule has 1 spiro atoms. The van der Waals surface area contributed by atoms with Crippen molar-refractivity contribution in [2.24, 2.45) is 0 Å². The molecule has 1 aromatic carbocycles. The number of benzene rings is 1. The second kappa shape index (κ2) is 6.28. The van der Waals surface area contributed by atoms with E-state index in [1.54, 1.807) is 25.1 Å². The number of hydrogen-bond donors (Lipinski definition) is 1. The molecule has 1 saturated carbocycles. The van der Waals surface area contributed by atoms with Crippen LogP contribution in [-0.2, 0) is 19.5 Å². The van der Waals surface area contributed by atoms with Crippen molar-refractivity contribution in [3.63, 3.8) is 0 Å². The lowest BCUT2D eigenvalue weighted by molar-refractivity contribution is -0.186. The van der Waals surface area contributed by atoms with E-state index in [2.05, 4.69) is 4.72 Å². The largest absolute Gasteiger partial charge is 0.347 e. The smallest absolute Gasteiger partial charge is 0.240 e. The zero-order chi connectivity index (χ0) is 15.6. The maximum absolute atomic E-state index is 12.4. The Balaban J connectivity index is 1.60. The van der Waals surface area contributed by atoms with Crippen LogP contribution >= 0.6 is 0 Å². The van der Waals surface area contributed by atoms with Crippen LogP contribution in [0.2, 0.25) is 0 Å². The summed E-state index contributed by atoms with van der Waals surface area (Å²) in [7, 11) is -3.51. The van der Waals surface area contributed by atoms with Crippen molar-refractivity contribution in [1.82, 2.24) is 4.72 Å². The van der Waals surface area contributed by atoms with Gasteiger partial charge in [-0.05, 0) is 31.4 Å². The third-order valence-electron chi connectivity index (χ3n) is 4.41. The molecule has 0 aromatic heterocycles. The molecule has 2 aliphatic rings. The van der Waals surface area contributed by atoms with Gasteiger partial charge in [0, 0.05) is 19.4 Å². The average molecular weight is 325 g/mol. The first-order valence-electron chi connectivity index (χ1n) is 7.88. The quantitative estimate of drug-likeness (QED) is 0.923. The van der Waals surface area contributed by atoms with Gasteiger partial charge in [-0.25, -0.2) is 13.1 Å². The van der Waals surface area contributed by atoms with E-state index in [-0.39, 0.29) is 12.6 Å². The van der Waals surface area contributed by atoms with Crippen molar-refractivity contribution < 1.29 is 17.9 Å². The number of ether oxygens (including phenoxy) is 2. The molecule has 3 rings (SSSR count). The molecule has 1 atom stereocenters. The van der Waals surface area contributed by atoms with Crippen molar-refractivity contribution in [1.29, 1.82) is 0 Å².